The highest BCUT2D eigenvalue weighted by Gasteiger charge is 2.16. The summed E-state index contributed by atoms with van der Waals surface area (Å²) in [5, 5.41) is 0. The van der Waals surface area contributed by atoms with Crippen molar-refractivity contribution in [3.8, 4) is 34.1 Å². The highest BCUT2D eigenvalue weighted by atomic mass is 16.6. The van der Waals surface area contributed by atoms with Crippen LogP contribution in [0.2, 0.25) is 0 Å². The molecule has 0 spiro atoms. The van der Waals surface area contributed by atoms with Gasteiger partial charge in [-0.1, -0.05) is 24.8 Å². The number of para-hydroxylation sites is 1. The molecule has 0 aliphatic carbocycles. The molecule has 0 saturated heterocycles. The van der Waals surface area contributed by atoms with Crippen molar-refractivity contribution in [3.05, 3.63) is 49.1 Å². The molecule has 5 nitrogen and oxygen atoms in total. The average Bonchev–Trinajstić information content (AvgIpc) is 2.61. The molecule has 23 heavy (non-hydrogen) atoms. The molecule has 0 fully saturated rings. The van der Waals surface area contributed by atoms with Crippen LogP contribution in [0.15, 0.2) is 49.1 Å². The fraction of sp³-hybridized carbons (Fsp3) is 0.167. The molecule has 2 rings (SSSR count). The zero-order valence-electron chi connectivity index (χ0n) is 13.3. The summed E-state index contributed by atoms with van der Waals surface area (Å²) < 4.78 is 21.2. The first-order chi connectivity index (χ1) is 11.1. The van der Waals surface area contributed by atoms with Gasteiger partial charge in [0.15, 0.2) is 23.0 Å². The van der Waals surface area contributed by atoms with E-state index in [0.29, 0.717) is 28.6 Å². The molecule has 0 heterocycles. The number of ether oxygens (including phenoxy) is 4. The predicted molar refractivity (Wildman–Crippen MR) is 87.4 cm³/mol. The van der Waals surface area contributed by atoms with E-state index in [-0.39, 0.29) is 0 Å². The second-order valence-electron chi connectivity index (χ2n) is 4.53. The first-order valence-corrected chi connectivity index (χ1v) is 6.88. The van der Waals surface area contributed by atoms with E-state index in [2.05, 4.69) is 6.58 Å². The van der Waals surface area contributed by atoms with E-state index in [1.54, 1.807) is 32.4 Å². The monoisotopic (exact) mass is 314 g/mol. The van der Waals surface area contributed by atoms with Crippen LogP contribution in [0.5, 0.6) is 23.0 Å². The summed E-state index contributed by atoms with van der Waals surface area (Å²) in [5.74, 6) is 1.41. The number of carbonyl (C=O) groups is 1. The molecule has 2 aromatic carbocycles. The predicted octanol–water partition coefficient (Wildman–Crippen LogP) is 3.47. The van der Waals surface area contributed by atoms with Crippen LogP contribution in [0.3, 0.4) is 0 Å². The highest BCUT2D eigenvalue weighted by Crippen LogP contribution is 2.41. The zero-order chi connectivity index (χ0) is 16.8. The van der Waals surface area contributed by atoms with Crippen LogP contribution in [0.1, 0.15) is 0 Å². The average molecular weight is 314 g/mol. The van der Waals surface area contributed by atoms with Crippen molar-refractivity contribution in [1.82, 2.24) is 0 Å². The van der Waals surface area contributed by atoms with Crippen molar-refractivity contribution >= 4 is 5.97 Å². The molecule has 0 N–H and O–H groups in total. The molecule has 0 aliphatic rings. The molecule has 5 heteroatoms. The van der Waals surface area contributed by atoms with Gasteiger partial charge in [-0.25, -0.2) is 4.79 Å². The van der Waals surface area contributed by atoms with Gasteiger partial charge in [-0.2, -0.15) is 0 Å². The molecule has 2 aromatic rings. The number of methoxy groups -OCH3 is 3. The maximum atomic E-state index is 11.6. The topological polar surface area (TPSA) is 54.0 Å². The van der Waals surface area contributed by atoms with Crippen LogP contribution >= 0.6 is 0 Å². The van der Waals surface area contributed by atoms with Crippen molar-refractivity contribution < 1.29 is 23.7 Å². The molecule has 0 aromatic heterocycles. The zero-order valence-corrected chi connectivity index (χ0v) is 13.3. The lowest BCUT2D eigenvalue weighted by Gasteiger charge is -2.15. The summed E-state index contributed by atoms with van der Waals surface area (Å²) in [6.45, 7) is 3.41. The van der Waals surface area contributed by atoms with Crippen molar-refractivity contribution in [2.24, 2.45) is 0 Å². The minimum atomic E-state index is -0.559. The normalized spacial score (nSPS) is 9.87. The Labute approximate surface area is 135 Å². The minimum Gasteiger partial charge on any atom is -0.493 e. The number of rotatable bonds is 6. The molecular weight excluding hydrogens is 296 g/mol. The summed E-state index contributed by atoms with van der Waals surface area (Å²) in [5.41, 5.74) is 1.49. The second-order valence-corrected chi connectivity index (χ2v) is 4.53. The largest absolute Gasteiger partial charge is 0.493 e. The number of carbonyl (C=O) groups excluding carboxylic acids is 1. The molecule has 0 amide bonds. The lowest BCUT2D eigenvalue weighted by Crippen LogP contribution is -2.06. The van der Waals surface area contributed by atoms with Crippen molar-refractivity contribution in [3.63, 3.8) is 0 Å². The third kappa shape index (κ3) is 3.45. The summed E-state index contributed by atoms with van der Waals surface area (Å²) >= 11 is 0. The second kappa shape index (κ2) is 7.35. The van der Waals surface area contributed by atoms with Gasteiger partial charge in [0.2, 0.25) is 0 Å². The molecular formula is C18H18O5. The summed E-state index contributed by atoms with van der Waals surface area (Å²) in [6.07, 6.45) is 1.10. The molecule has 0 radical (unpaired) electrons. The Morgan fingerprint density at radius 1 is 0.957 bits per heavy atom. The Morgan fingerprint density at radius 2 is 1.65 bits per heavy atom. The lowest BCUT2D eigenvalue weighted by atomic mass is 10.0. The molecule has 0 unspecified atom stereocenters. The smallest absolute Gasteiger partial charge is 0.335 e. The van der Waals surface area contributed by atoms with Gasteiger partial charge in [-0.15, -0.1) is 0 Å². The van der Waals surface area contributed by atoms with E-state index in [1.165, 1.54) is 7.11 Å². The summed E-state index contributed by atoms with van der Waals surface area (Å²) in [4.78, 5) is 11.6. The van der Waals surface area contributed by atoms with E-state index >= 15 is 0 Å². The molecule has 0 atom stereocenters. The Morgan fingerprint density at radius 3 is 2.26 bits per heavy atom. The van der Waals surface area contributed by atoms with E-state index in [0.717, 1.165) is 11.6 Å². The van der Waals surface area contributed by atoms with Crippen LogP contribution in [0, 0.1) is 0 Å². The number of esters is 1. The Kier molecular flexibility index (Phi) is 5.25. The summed E-state index contributed by atoms with van der Waals surface area (Å²) in [7, 11) is 4.64. The summed E-state index contributed by atoms with van der Waals surface area (Å²) in [6, 6.07) is 10.8. The van der Waals surface area contributed by atoms with Gasteiger partial charge < -0.3 is 18.9 Å². The van der Waals surface area contributed by atoms with Crippen LogP contribution in [-0.2, 0) is 4.79 Å². The highest BCUT2D eigenvalue weighted by molar-refractivity contribution is 5.87. The first-order valence-electron chi connectivity index (χ1n) is 6.88. The van der Waals surface area contributed by atoms with E-state index < -0.39 is 5.97 Å². The van der Waals surface area contributed by atoms with Crippen molar-refractivity contribution in [2.45, 2.75) is 0 Å². The third-order valence-corrected chi connectivity index (χ3v) is 3.26. The van der Waals surface area contributed by atoms with Crippen molar-refractivity contribution in [1.29, 1.82) is 0 Å². The fourth-order valence-electron chi connectivity index (χ4n) is 2.16. The number of hydrogen-bond donors (Lipinski definition) is 0. The van der Waals surface area contributed by atoms with Gasteiger partial charge in [0.25, 0.3) is 0 Å². The minimum absolute atomic E-state index is 0.326. The number of hydrogen-bond acceptors (Lipinski definition) is 5. The third-order valence-electron chi connectivity index (χ3n) is 3.26. The molecule has 0 saturated carbocycles. The van der Waals surface area contributed by atoms with Gasteiger partial charge in [-0.3, -0.25) is 0 Å². The van der Waals surface area contributed by atoms with Gasteiger partial charge in [0.05, 0.1) is 21.3 Å². The van der Waals surface area contributed by atoms with Gasteiger partial charge >= 0.3 is 5.97 Å². The molecule has 0 aliphatic heterocycles. The Bertz CT molecular complexity index is 721. The van der Waals surface area contributed by atoms with Gasteiger partial charge in [-0.05, 0) is 23.8 Å². The molecule has 120 valence electrons. The van der Waals surface area contributed by atoms with Crippen molar-refractivity contribution in [2.75, 3.05) is 21.3 Å². The number of benzene rings is 2. The standard InChI is InChI=1S/C18H18O5/c1-5-17(19)23-18-13(7-6-8-15(18)21-3)12-9-10-14(20-2)16(11-12)22-4/h5-11H,1H2,2-4H3. The van der Waals surface area contributed by atoms with E-state index in [9.17, 15) is 4.79 Å². The van der Waals surface area contributed by atoms with Gasteiger partial charge in [0.1, 0.15) is 0 Å². The quantitative estimate of drug-likeness (QED) is 0.464. The van der Waals surface area contributed by atoms with Crippen LogP contribution in [0.25, 0.3) is 11.1 Å². The van der Waals surface area contributed by atoms with Crippen LogP contribution < -0.4 is 18.9 Å². The Balaban J connectivity index is 2.58. The fourth-order valence-corrected chi connectivity index (χ4v) is 2.16. The SMILES string of the molecule is C=CC(=O)Oc1c(OC)cccc1-c1ccc(OC)c(OC)c1. The lowest BCUT2D eigenvalue weighted by molar-refractivity contribution is -0.129. The first kappa shape index (κ1) is 16.4. The maximum absolute atomic E-state index is 11.6. The molecule has 0 bridgehead atoms. The maximum Gasteiger partial charge on any atom is 0.335 e. The van der Waals surface area contributed by atoms with E-state index in [4.69, 9.17) is 18.9 Å². The Hall–Kier alpha value is -2.95. The van der Waals surface area contributed by atoms with E-state index in [1.807, 2.05) is 18.2 Å². The van der Waals surface area contributed by atoms with Gasteiger partial charge in [0, 0.05) is 11.6 Å². The van der Waals surface area contributed by atoms with Crippen LogP contribution in [0.4, 0.5) is 0 Å². The van der Waals surface area contributed by atoms with Crippen LogP contribution in [-0.4, -0.2) is 27.3 Å².